The first-order chi connectivity index (χ1) is 18.2. The highest BCUT2D eigenvalue weighted by Crippen LogP contribution is 2.31. The predicted octanol–water partition coefficient (Wildman–Crippen LogP) is 4.73. The molecule has 3 N–H and O–H groups in total. The molecule has 2 amide bonds. The van der Waals surface area contributed by atoms with Crippen molar-refractivity contribution < 1.29 is 14.3 Å². The van der Waals surface area contributed by atoms with Crippen LogP contribution >= 0.6 is 11.8 Å². The van der Waals surface area contributed by atoms with Crippen molar-refractivity contribution in [2.24, 2.45) is 0 Å². The van der Waals surface area contributed by atoms with Crippen LogP contribution < -0.4 is 15.8 Å². The maximum Gasteiger partial charge on any atom is 0.255 e. The van der Waals surface area contributed by atoms with E-state index < -0.39 is 0 Å². The third-order valence-corrected chi connectivity index (χ3v) is 6.66. The molecule has 0 saturated carbocycles. The lowest BCUT2D eigenvalue weighted by atomic mass is 10.1. The molecular formula is C28H30N6O3S. The summed E-state index contributed by atoms with van der Waals surface area (Å²) >= 11 is 1.63. The number of amides is 2. The molecule has 9 nitrogen and oxygen atoms in total. The smallest absolute Gasteiger partial charge is 0.255 e. The van der Waals surface area contributed by atoms with Gasteiger partial charge in [-0.25, -0.2) is 4.98 Å². The summed E-state index contributed by atoms with van der Waals surface area (Å²) in [7, 11) is 3.41. The SMILES string of the molecule is CSc1ccc(C(=O)Nc2cccc([C@@H](C)Oc3cc(-c4cnn(CC(=O)N(C)C)c4)cnc3N)c2)cc1. The van der Waals surface area contributed by atoms with E-state index in [2.05, 4.69) is 15.4 Å². The highest BCUT2D eigenvalue weighted by molar-refractivity contribution is 7.98. The highest BCUT2D eigenvalue weighted by atomic mass is 32.2. The fourth-order valence-electron chi connectivity index (χ4n) is 3.66. The second-order valence-corrected chi connectivity index (χ2v) is 9.77. The summed E-state index contributed by atoms with van der Waals surface area (Å²) in [4.78, 5) is 31.6. The molecule has 0 unspecified atom stereocenters. The fraction of sp³-hybridized carbons (Fsp3) is 0.214. The van der Waals surface area contributed by atoms with E-state index in [-0.39, 0.29) is 30.3 Å². The van der Waals surface area contributed by atoms with Gasteiger partial charge in [-0.1, -0.05) is 12.1 Å². The normalized spacial score (nSPS) is 11.6. The minimum Gasteiger partial charge on any atom is -0.482 e. The van der Waals surface area contributed by atoms with Crippen LogP contribution in [0.15, 0.2) is 78.1 Å². The first-order valence-corrected chi connectivity index (χ1v) is 13.2. The molecule has 0 aliphatic rings. The number of hydrogen-bond donors (Lipinski definition) is 2. The molecule has 2 aromatic carbocycles. The summed E-state index contributed by atoms with van der Waals surface area (Å²) in [6.45, 7) is 2.05. The van der Waals surface area contributed by atoms with Gasteiger partial charge in [-0.05, 0) is 61.2 Å². The number of nitrogens with one attached hydrogen (secondary N) is 1. The van der Waals surface area contributed by atoms with E-state index in [4.69, 9.17) is 10.5 Å². The van der Waals surface area contributed by atoms with Crippen LogP contribution in [0, 0.1) is 0 Å². The number of ether oxygens (including phenoxy) is 1. The van der Waals surface area contributed by atoms with Crippen LogP contribution in [0.4, 0.5) is 11.5 Å². The highest BCUT2D eigenvalue weighted by Gasteiger charge is 2.15. The Kier molecular flexibility index (Phi) is 8.32. The molecule has 196 valence electrons. The van der Waals surface area contributed by atoms with Gasteiger partial charge in [-0.2, -0.15) is 5.10 Å². The second-order valence-electron chi connectivity index (χ2n) is 8.89. The topological polar surface area (TPSA) is 115 Å². The number of anilines is 2. The molecule has 4 rings (SSSR count). The van der Waals surface area contributed by atoms with E-state index in [1.165, 1.54) is 4.90 Å². The van der Waals surface area contributed by atoms with Crippen LogP contribution in [0.2, 0.25) is 0 Å². The summed E-state index contributed by atoms with van der Waals surface area (Å²) in [5.41, 5.74) is 9.78. The van der Waals surface area contributed by atoms with E-state index in [9.17, 15) is 9.59 Å². The van der Waals surface area contributed by atoms with Crippen LogP contribution in [0.25, 0.3) is 11.1 Å². The third-order valence-electron chi connectivity index (χ3n) is 5.91. The molecule has 38 heavy (non-hydrogen) atoms. The van der Waals surface area contributed by atoms with Gasteiger partial charge in [0.15, 0.2) is 11.6 Å². The maximum atomic E-state index is 12.7. The van der Waals surface area contributed by atoms with E-state index in [0.717, 1.165) is 21.6 Å². The second kappa shape index (κ2) is 11.8. The molecular weight excluding hydrogens is 500 g/mol. The summed E-state index contributed by atoms with van der Waals surface area (Å²) in [5.74, 6) is 0.446. The molecule has 0 spiro atoms. The quantitative estimate of drug-likeness (QED) is 0.301. The van der Waals surface area contributed by atoms with Crippen LogP contribution in [0.5, 0.6) is 5.75 Å². The van der Waals surface area contributed by atoms with Crippen molar-refractivity contribution >= 4 is 35.1 Å². The van der Waals surface area contributed by atoms with Crippen molar-refractivity contribution in [1.82, 2.24) is 19.7 Å². The average molecular weight is 531 g/mol. The van der Waals surface area contributed by atoms with Crippen molar-refractivity contribution in [2.75, 3.05) is 31.4 Å². The number of thioether (sulfide) groups is 1. The Balaban J connectivity index is 1.46. The molecule has 2 heterocycles. The van der Waals surface area contributed by atoms with Crippen LogP contribution in [0.3, 0.4) is 0 Å². The maximum absolute atomic E-state index is 12.7. The zero-order chi connectivity index (χ0) is 27.2. The standard InChI is InChI=1S/C28H30N6O3S/c1-18(20-6-5-7-23(12-20)32-28(36)19-8-10-24(38-4)11-9-19)37-25-13-21(14-30-27(25)29)22-15-31-34(16-22)17-26(35)33(2)3/h5-16,18H,17H2,1-4H3,(H2,29,30)(H,32,36)/t18-/m1/s1. The largest absolute Gasteiger partial charge is 0.482 e. The summed E-state index contributed by atoms with van der Waals surface area (Å²) < 4.78 is 7.75. The zero-order valence-electron chi connectivity index (χ0n) is 21.7. The number of carbonyl (C=O) groups is 2. The van der Waals surface area contributed by atoms with E-state index >= 15 is 0 Å². The number of hydrogen-bond acceptors (Lipinski definition) is 7. The first kappa shape index (κ1) is 26.7. The number of nitrogens with two attached hydrogens (primary N) is 1. The van der Waals surface area contributed by atoms with Gasteiger partial charge >= 0.3 is 0 Å². The van der Waals surface area contributed by atoms with Gasteiger partial charge in [0.25, 0.3) is 5.91 Å². The van der Waals surface area contributed by atoms with Crippen molar-refractivity contribution in [3.8, 4) is 16.9 Å². The Hall–Kier alpha value is -4.31. The molecule has 10 heteroatoms. The lowest BCUT2D eigenvalue weighted by Crippen LogP contribution is -2.26. The third kappa shape index (κ3) is 6.51. The monoisotopic (exact) mass is 530 g/mol. The van der Waals surface area contributed by atoms with Gasteiger partial charge in [0.1, 0.15) is 12.6 Å². The first-order valence-electron chi connectivity index (χ1n) is 11.9. The zero-order valence-corrected chi connectivity index (χ0v) is 22.5. The molecule has 0 radical (unpaired) electrons. The van der Waals surface area contributed by atoms with Crippen LogP contribution in [0.1, 0.15) is 28.9 Å². The Morgan fingerprint density at radius 3 is 2.58 bits per heavy atom. The van der Waals surface area contributed by atoms with Gasteiger partial charge in [0.2, 0.25) is 5.91 Å². The Morgan fingerprint density at radius 2 is 1.87 bits per heavy atom. The number of aromatic nitrogens is 3. The Morgan fingerprint density at radius 1 is 1.11 bits per heavy atom. The average Bonchev–Trinajstić information content (AvgIpc) is 3.38. The molecule has 0 saturated heterocycles. The molecule has 1 atom stereocenters. The number of nitrogen functional groups attached to an aromatic ring is 1. The molecule has 4 aromatic rings. The van der Waals surface area contributed by atoms with Crippen LogP contribution in [-0.2, 0) is 11.3 Å². The lowest BCUT2D eigenvalue weighted by molar-refractivity contribution is -0.129. The Labute approximate surface area is 226 Å². The molecule has 2 aromatic heterocycles. The van der Waals surface area contributed by atoms with Gasteiger partial charge in [-0.3, -0.25) is 14.3 Å². The minimum atomic E-state index is -0.368. The van der Waals surface area contributed by atoms with Gasteiger partial charge in [0, 0.05) is 53.8 Å². The number of rotatable bonds is 9. The number of carbonyl (C=O) groups excluding carboxylic acids is 2. The Bertz CT molecular complexity index is 1430. The van der Waals surface area contributed by atoms with E-state index in [1.807, 2.05) is 61.7 Å². The summed E-state index contributed by atoms with van der Waals surface area (Å²) in [6, 6.07) is 16.8. The van der Waals surface area contributed by atoms with Crippen molar-refractivity contribution in [2.45, 2.75) is 24.5 Å². The number of nitrogens with zero attached hydrogens (tertiary/aromatic N) is 4. The van der Waals surface area contributed by atoms with E-state index in [1.54, 1.807) is 55.2 Å². The number of likely N-dealkylation sites (N-methyl/N-ethyl adjacent to an activating group) is 1. The van der Waals surface area contributed by atoms with Gasteiger partial charge in [0.05, 0.1) is 6.20 Å². The van der Waals surface area contributed by atoms with Crippen molar-refractivity contribution in [3.05, 3.63) is 84.3 Å². The number of benzene rings is 2. The van der Waals surface area contributed by atoms with Gasteiger partial charge < -0.3 is 20.7 Å². The van der Waals surface area contributed by atoms with Crippen molar-refractivity contribution in [1.29, 1.82) is 0 Å². The summed E-state index contributed by atoms with van der Waals surface area (Å²) in [5, 5.41) is 7.22. The van der Waals surface area contributed by atoms with Crippen molar-refractivity contribution in [3.63, 3.8) is 0 Å². The van der Waals surface area contributed by atoms with E-state index in [0.29, 0.717) is 17.0 Å². The fourth-order valence-corrected chi connectivity index (χ4v) is 4.07. The lowest BCUT2D eigenvalue weighted by Gasteiger charge is -2.17. The minimum absolute atomic E-state index is 0.0557. The molecule has 0 aliphatic carbocycles. The van der Waals surface area contributed by atoms with Gasteiger partial charge in [-0.15, -0.1) is 11.8 Å². The molecule has 0 fully saturated rings. The number of pyridine rings is 1. The van der Waals surface area contributed by atoms with Crippen LogP contribution in [-0.4, -0.2) is 51.8 Å². The summed E-state index contributed by atoms with van der Waals surface area (Å²) in [6.07, 6.45) is 6.72. The predicted molar refractivity (Wildman–Crippen MR) is 150 cm³/mol. The molecule has 0 bridgehead atoms. The molecule has 0 aliphatic heterocycles.